The molecule has 1 unspecified atom stereocenters. The van der Waals surface area contributed by atoms with Crippen LogP contribution in [-0.4, -0.2) is 48.0 Å². The number of carbonyl (C=O) groups is 1. The van der Waals surface area contributed by atoms with Crippen molar-refractivity contribution in [1.29, 1.82) is 0 Å². The van der Waals surface area contributed by atoms with Crippen molar-refractivity contribution >= 4 is 16.9 Å². The number of hydrogen-bond acceptors (Lipinski definition) is 5. The fourth-order valence-corrected chi connectivity index (χ4v) is 3.22. The maximum atomic E-state index is 12.2. The van der Waals surface area contributed by atoms with Crippen LogP contribution in [0.5, 0.6) is 11.5 Å². The molecule has 0 radical (unpaired) electrons. The normalized spacial score (nSPS) is 12.3. The van der Waals surface area contributed by atoms with Crippen LogP contribution < -0.4 is 15.8 Å². The summed E-state index contributed by atoms with van der Waals surface area (Å²) in [6.07, 6.45) is 4.77. The summed E-state index contributed by atoms with van der Waals surface area (Å²) in [5.41, 5.74) is 8.99. The molecule has 0 fully saturated rings. The zero-order valence-corrected chi connectivity index (χ0v) is 17.2. The number of aryl methyl sites for hydroxylation is 1. The molecule has 0 aliphatic carbocycles. The van der Waals surface area contributed by atoms with Gasteiger partial charge in [-0.05, 0) is 63.3 Å². The lowest BCUT2D eigenvalue weighted by Gasteiger charge is -2.15. The van der Waals surface area contributed by atoms with Gasteiger partial charge in [0.2, 0.25) is 5.91 Å². The molecule has 29 heavy (non-hydrogen) atoms. The van der Waals surface area contributed by atoms with E-state index in [0.29, 0.717) is 12.3 Å². The zero-order valence-electron chi connectivity index (χ0n) is 17.2. The molecule has 4 N–H and O–H groups in total. The van der Waals surface area contributed by atoms with Crippen LogP contribution in [0.3, 0.4) is 0 Å². The lowest BCUT2D eigenvalue weighted by atomic mass is 10.0. The molecule has 154 valence electrons. The molecule has 3 rings (SSSR count). The van der Waals surface area contributed by atoms with Crippen LogP contribution in [0.2, 0.25) is 0 Å². The molecule has 2 aromatic heterocycles. The molecule has 0 aliphatic heterocycles. The van der Waals surface area contributed by atoms with Gasteiger partial charge in [0, 0.05) is 31.4 Å². The van der Waals surface area contributed by atoms with Gasteiger partial charge < -0.3 is 25.7 Å². The number of carbonyl (C=O) groups excluding carboxylic acids is 1. The Morgan fingerprint density at radius 3 is 2.97 bits per heavy atom. The smallest absolute Gasteiger partial charge is 0.221 e. The third kappa shape index (κ3) is 5.56. The Morgan fingerprint density at radius 1 is 1.34 bits per heavy atom. The highest BCUT2D eigenvalue weighted by atomic mass is 16.5. The number of aromatic nitrogens is 2. The average Bonchev–Trinajstić information content (AvgIpc) is 3.07. The van der Waals surface area contributed by atoms with Gasteiger partial charge in [-0.15, -0.1) is 0 Å². The van der Waals surface area contributed by atoms with Gasteiger partial charge >= 0.3 is 0 Å². The quantitative estimate of drug-likeness (QED) is 0.484. The van der Waals surface area contributed by atoms with E-state index < -0.39 is 0 Å². The molecule has 0 saturated heterocycles. The summed E-state index contributed by atoms with van der Waals surface area (Å²) in [5.74, 6) is 1.37. The first kappa shape index (κ1) is 20.8. The molecule has 1 amide bonds. The van der Waals surface area contributed by atoms with E-state index in [1.807, 2.05) is 57.5 Å². The fraction of sp³-hybridized carbons (Fsp3) is 0.364. The van der Waals surface area contributed by atoms with Crippen LogP contribution >= 0.6 is 0 Å². The van der Waals surface area contributed by atoms with E-state index >= 15 is 0 Å². The first-order valence-corrected chi connectivity index (χ1v) is 9.81. The van der Waals surface area contributed by atoms with Crippen molar-refractivity contribution in [1.82, 2.24) is 20.2 Å². The number of aromatic amines is 1. The number of nitrogens with one attached hydrogen (secondary N) is 2. The zero-order chi connectivity index (χ0) is 20.8. The summed E-state index contributed by atoms with van der Waals surface area (Å²) in [6, 6.07) is 9.03. The van der Waals surface area contributed by atoms with Gasteiger partial charge in [0.15, 0.2) is 0 Å². The molecule has 1 aromatic carbocycles. The number of fused-ring (bicyclic) bond motifs is 1. The molecule has 3 aromatic rings. The van der Waals surface area contributed by atoms with Crippen molar-refractivity contribution in [3.63, 3.8) is 0 Å². The van der Waals surface area contributed by atoms with Crippen LogP contribution in [0.15, 0.2) is 42.7 Å². The van der Waals surface area contributed by atoms with Crippen molar-refractivity contribution < 1.29 is 9.53 Å². The predicted molar refractivity (Wildman–Crippen MR) is 115 cm³/mol. The van der Waals surface area contributed by atoms with E-state index in [2.05, 4.69) is 20.2 Å². The number of H-pyrrole nitrogens is 1. The molecule has 2 heterocycles. The van der Waals surface area contributed by atoms with Crippen molar-refractivity contribution in [2.24, 2.45) is 5.73 Å². The fourth-order valence-electron chi connectivity index (χ4n) is 3.22. The molecule has 0 saturated carbocycles. The number of ether oxygens (including phenoxy) is 1. The first-order chi connectivity index (χ1) is 13.9. The third-order valence-corrected chi connectivity index (χ3v) is 4.76. The van der Waals surface area contributed by atoms with Crippen LogP contribution in [0.25, 0.3) is 11.0 Å². The number of amides is 1. The second-order valence-electron chi connectivity index (χ2n) is 7.50. The van der Waals surface area contributed by atoms with Gasteiger partial charge in [-0.25, -0.2) is 4.98 Å². The standard InChI is InChI=1S/C22H29N5O2/c1-15-14-26-22-21(15)19(8-10-25-22)29-17-7-4-6-16(12-17)18(23)13-20(28)24-9-5-11-27(2)3/h4,6-8,10,12,14,18H,5,9,11,13,23H2,1-3H3,(H,24,28)(H,25,26). The second-order valence-corrected chi connectivity index (χ2v) is 7.50. The summed E-state index contributed by atoms with van der Waals surface area (Å²) >= 11 is 0. The first-order valence-electron chi connectivity index (χ1n) is 9.81. The van der Waals surface area contributed by atoms with Crippen molar-refractivity contribution in [3.05, 3.63) is 53.9 Å². The van der Waals surface area contributed by atoms with Gasteiger partial charge in [0.1, 0.15) is 17.1 Å². The Morgan fingerprint density at radius 2 is 2.17 bits per heavy atom. The molecular weight excluding hydrogens is 366 g/mol. The van der Waals surface area contributed by atoms with E-state index in [4.69, 9.17) is 10.5 Å². The number of rotatable bonds is 9. The highest BCUT2D eigenvalue weighted by molar-refractivity contribution is 5.86. The van der Waals surface area contributed by atoms with Gasteiger partial charge in [-0.2, -0.15) is 0 Å². The maximum Gasteiger partial charge on any atom is 0.221 e. The molecule has 0 bridgehead atoms. The third-order valence-electron chi connectivity index (χ3n) is 4.76. The van der Waals surface area contributed by atoms with Crippen LogP contribution in [0.1, 0.15) is 30.0 Å². The van der Waals surface area contributed by atoms with Crippen LogP contribution in [0, 0.1) is 6.92 Å². The summed E-state index contributed by atoms with van der Waals surface area (Å²) in [4.78, 5) is 21.7. The largest absolute Gasteiger partial charge is 0.457 e. The average molecular weight is 396 g/mol. The Labute approximate surface area is 171 Å². The highest BCUT2D eigenvalue weighted by Gasteiger charge is 2.14. The molecule has 7 nitrogen and oxygen atoms in total. The van der Waals surface area contributed by atoms with Crippen LogP contribution in [0.4, 0.5) is 0 Å². The number of pyridine rings is 1. The summed E-state index contributed by atoms with van der Waals surface area (Å²) < 4.78 is 6.11. The van der Waals surface area contributed by atoms with Crippen molar-refractivity contribution in [3.8, 4) is 11.5 Å². The Balaban J connectivity index is 1.63. The Hall–Kier alpha value is -2.90. The minimum Gasteiger partial charge on any atom is -0.457 e. The van der Waals surface area contributed by atoms with E-state index in [-0.39, 0.29) is 18.4 Å². The minimum absolute atomic E-state index is 0.0404. The van der Waals surface area contributed by atoms with Crippen LogP contribution in [-0.2, 0) is 4.79 Å². The Kier molecular flexibility index (Phi) is 6.85. The second kappa shape index (κ2) is 9.54. The van der Waals surface area contributed by atoms with Gasteiger partial charge in [-0.1, -0.05) is 12.1 Å². The molecule has 1 atom stereocenters. The number of benzene rings is 1. The SMILES string of the molecule is Cc1c[nH]c2nccc(Oc3cccc(C(N)CC(=O)NCCCN(C)C)c3)c12. The van der Waals surface area contributed by atoms with Gasteiger partial charge in [0.05, 0.1) is 5.39 Å². The maximum absolute atomic E-state index is 12.2. The van der Waals surface area contributed by atoms with E-state index in [0.717, 1.165) is 40.9 Å². The minimum atomic E-state index is -0.390. The number of nitrogens with two attached hydrogens (primary N) is 1. The monoisotopic (exact) mass is 395 g/mol. The van der Waals surface area contributed by atoms with Gasteiger partial charge in [-0.3, -0.25) is 4.79 Å². The van der Waals surface area contributed by atoms with E-state index in [9.17, 15) is 4.79 Å². The van der Waals surface area contributed by atoms with E-state index in [1.165, 1.54) is 0 Å². The lowest BCUT2D eigenvalue weighted by molar-refractivity contribution is -0.121. The van der Waals surface area contributed by atoms with Gasteiger partial charge in [0.25, 0.3) is 0 Å². The molecule has 0 aliphatic rings. The topological polar surface area (TPSA) is 96.3 Å². The molecule has 7 heteroatoms. The van der Waals surface area contributed by atoms with Crippen molar-refractivity contribution in [2.75, 3.05) is 27.2 Å². The lowest BCUT2D eigenvalue weighted by Crippen LogP contribution is -2.29. The molecular formula is C22H29N5O2. The highest BCUT2D eigenvalue weighted by Crippen LogP contribution is 2.31. The number of nitrogens with zero attached hydrogens (tertiary/aromatic N) is 2. The predicted octanol–water partition coefficient (Wildman–Crippen LogP) is 3.12. The summed E-state index contributed by atoms with van der Waals surface area (Å²) in [6.45, 7) is 3.60. The van der Waals surface area contributed by atoms with Crippen molar-refractivity contribution in [2.45, 2.75) is 25.8 Å². The summed E-state index contributed by atoms with van der Waals surface area (Å²) in [7, 11) is 4.03. The Bertz CT molecular complexity index is 967. The molecule has 0 spiro atoms. The summed E-state index contributed by atoms with van der Waals surface area (Å²) in [5, 5.41) is 3.89. The number of hydrogen-bond donors (Lipinski definition) is 3. The van der Waals surface area contributed by atoms with E-state index in [1.54, 1.807) is 6.20 Å².